The highest BCUT2D eigenvalue weighted by Crippen LogP contribution is 2.31. The van der Waals surface area contributed by atoms with Gasteiger partial charge < -0.3 is 10.1 Å². The first-order valence-corrected chi connectivity index (χ1v) is 6.46. The molecule has 1 aromatic carbocycles. The Balaban J connectivity index is 1.92. The zero-order valence-corrected chi connectivity index (χ0v) is 10.8. The van der Waals surface area contributed by atoms with E-state index in [1.807, 2.05) is 6.92 Å². The summed E-state index contributed by atoms with van der Waals surface area (Å²) in [5, 5.41) is 3.11. The Hall–Kier alpha value is -1.07. The van der Waals surface area contributed by atoms with Crippen LogP contribution in [0.15, 0.2) is 24.3 Å². The van der Waals surface area contributed by atoms with Gasteiger partial charge in [-0.15, -0.1) is 0 Å². The number of ether oxygens (including phenoxy) is 1. The number of hydrogen-bond acceptors (Lipinski definition) is 2. The Kier molecular flexibility index (Phi) is 4.47. The van der Waals surface area contributed by atoms with Gasteiger partial charge in [0, 0.05) is 19.7 Å². The number of benzene rings is 1. The summed E-state index contributed by atoms with van der Waals surface area (Å²) >= 11 is 0. The van der Waals surface area contributed by atoms with E-state index in [-0.39, 0.29) is 12.6 Å². The lowest BCUT2D eigenvalue weighted by Gasteiger charge is -2.17. The molecule has 19 heavy (non-hydrogen) atoms. The van der Waals surface area contributed by atoms with Gasteiger partial charge in [-0.1, -0.05) is 18.2 Å². The van der Waals surface area contributed by atoms with Gasteiger partial charge in [-0.3, -0.25) is 0 Å². The van der Waals surface area contributed by atoms with Crippen LogP contribution in [0.3, 0.4) is 0 Å². The number of alkyl halides is 3. The second-order valence-electron chi connectivity index (χ2n) is 4.91. The summed E-state index contributed by atoms with van der Waals surface area (Å²) < 4.78 is 43.8. The molecular formula is C14H18F3NO. The first-order valence-electron chi connectivity index (χ1n) is 6.46. The molecule has 0 saturated carbocycles. The van der Waals surface area contributed by atoms with Gasteiger partial charge in [0.25, 0.3) is 0 Å². The maximum Gasteiger partial charge on any atom is 0.416 e. The molecule has 0 amide bonds. The van der Waals surface area contributed by atoms with Crippen molar-refractivity contribution >= 4 is 0 Å². The monoisotopic (exact) mass is 273 g/mol. The van der Waals surface area contributed by atoms with Crippen LogP contribution < -0.4 is 5.32 Å². The van der Waals surface area contributed by atoms with Crippen LogP contribution in [0.5, 0.6) is 0 Å². The summed E-state index contributed by atoms with van der Waals surface area (Å²) in [7, 11) is 0. The lowest BCUT2D eigenvalue weighted by Crippen LogP contribution is -2.27. The predicted octanol–water partition coefficient (Wildman–Crippen LogP) is 3.22. The van der Waals surface area contributed by atoms with Crippen LogP contribution >= 0.6 is 0 Å². The molecule has 1 heterocycles. The van der Waals surface area contributed by atoms with E-state index in [1.54, 1.807) is 6.07 Å². The standard InChI is InChI=1S/C14H18F3NO/c1-10-11(6-7-19-10)8-18-9-12-4-2-3-5-13(12)14(15,16)17/h2-5,10-11,18H,6-9H2,1H3. The van der Waals surface area contributed by atoms with E-state index in [9.17, 15) is 13.2 Å². The Morgan fingerprint density at radius 3 is 2.68 bits per heavy atom. The van der Waals surface area contributed by atoms with Gasteiger partial charge in [-0.2, -0.15) is 13.2 Å². The van der Waals surface area contributed by atoms with Crippen LogP contribution in [-0.2, 0) is 17.5 Å². The third-order valence-electron chi connectivity index (χ3n) is 3.58. The molecule has 1 N–H and O–H groups in total. The largest absolute Gasteiger partial charge is 0.416 e. The molecule has 0 radical (unpaired) electrons. The molecule has 0 aromatic heterocycles. The van der Waals surface area contributed by atoms with Crippen molar-refractivity contribution in [2.45, 2.75) is 32.2 Å². The SMILES string of the molecule is CC1OCCC1CNCc1ccccc1C(F)(F)F. The predicted molar refractivity (Wildman–Crippen MR) is 66.7 cm³/mol. The molecule has 0 aliphatic carbocycles. The highest BCUT2D eigenvalue weighted by Gasteiger charge is 2.32. The molecule has 5 heteroatoms. The van der Waals surface area contributed by atoms with Gasteiger partial charge in [0.2, 0.25) is 0 Å². The van der Waals surface area contributed by atoms with Gasteiger partial charge in [0.15, 0.2) is 0 Å². The summed E-state index contributed by atoms with van der Waals surface area (Å²) in [5.41, 5.74) is -0.264. The maximum atomic E-state index is 12.8. The zero-order valence-electron chi connectivity index (χ0n) is 10.8. The quantitative estimate of drug-likeness (QED) is 0.909. The number of hydrogen-bond donors (Lipinski definition) is 1. The van der Waals surface area contributed by atoms with Gasteiger partial charge in [-0.05, 0) is 30.9 Å². The molecule has 106 valence electrons. The molecule has 0 bridgehead atoms. The molecule has 1 fully saturated rings. The molecule has 2 atom stereocenters. The second-order valence-corrected chi connectivity index (χ2v) is 4.91. The number of rotatable bonds is 4. The van der Waals surface area contributed by atoms with Crippen molar-refractivity contribution in [3.8, 4) is 0 Å². The fourth-order valence-corrected chi connectivity index (χ4v) is 2.39. The summed E-state index contributed by atoms with van der Waals surface area (Å²) in [6.07, 6.45) is -3.14. The average Bonchev–Trinajstić information content (AvgIpc) is 2.75. The van der Waals surface area contributed by atoms with E-state index in [2.05, 4.69) is 5.32 Å². The minimum Gasteiger partial charge on any atom is -0.378 e. The van der Waals surface area contributed by atoms with Crippen LogP contribution in [0, 0.1) is 5.92 Å². The Morgan fingerprint density at radius 2 is 2.05 bits per heavy atom. The highest BCUT2D eigenvalue weighted by molar-refractivity contribution is 5.29. The molecule has 0 spiro atoms. The minimum atomic E-state index is -4.29. The Morgan fingerprint density at radius 1 is 1.32 bits per heavy atom. The third-order valence-corrected chi connectivity index (χ3v) is 3.58. The molecule has 1 aliphatic rings. The first-order chi connectivity index (χ1) is 8.98. The van der Waals surface area contributed by atoms with Crippen LogP contribution in [0.25, 0.3) is 0 Å². The minimum absolute atomic E-state index is 0.186. The van der Waals surface area contributed by atoms with Crippen LogP contribution in [-0.4, -0.2) is 19.3 Å². The van der Waals surface area contributed by atoms with Crippen molar-refractivity contribution in [1.29, 1.82) is 0 Å². The van der Waals surface area contributed by atoms with E-state index in [1.165, 1.54) is 12.1 Å². The van der Waals surface area contributed by atoms with Crippen molar-refractivity contribution in [2.24, 2.45) is 5.92 Å². The molecular weight excluding hydrogens is 255 g/mol. The summed E-state index contributed by atoms with van der Waals surface area (Å²) in [6.45, 7) is 3.67. The average molecular weight is 273 g/mol. The number of nitrogens with one attached hydrogen (secondary N) is 1. The van der Waals surface area contributed by atoms with Crippen molar-refractivity contribution < 1.29 is 17.9 Å². The molecule has 1 saturated heterocycles. The van der Waals surface area contributed by atoms with Crippen molar-refractivity contribution in [3.63, 3.8) is 0 Å². The maximum absolute atomic E-state index is 12.8. The van der Waals surface area contributed by atoms with Crippen molar-refractivity contribution in [3.05, 3.63) is 35.4 Å². The molecule has 2 unspecified atom stereocenters. The van der Waals surface area contributed by atoms with Crippen LogP contribution in [0.1, 0.15) is 24.5 Å². The van der Waals surface area contributed by atoms with Crippen LogP contribution in [0.2, 0.25) is 0 Å². The Labute approximate surface area is 111 Å². The topological polar surface area (TPSA) is 21.3 Å². The van der Waals surface area contributed by atoms with E-state index >= 15 is 0 Å². The lowest BCUT2D eigenvalue weighted by molar-refractivity contribution is -0.138. The van der Waals surface area contributed by atoms with Gasteiger partial charge in [-0.25, -0.2) is 0 Å². The fourth-order valence-electron chi connectivity index (χ4n) is 2.39. The van der Waals surface area contributed by atoms with Crippen molar-refractivity contribution in [1.82, 2.24) is 5.32 Å². The second kappa shape index (κ2) is 5.92. The van der Waals surface area contributed by atoms with E-state index in [0.29, 0.717) is 18.0 Å². The summed E-state index contributed by atoms with van der Waals surface area (Å²) in [6, 6.07) is 5.69. The number of halogens is 3. The van der Waals surface area contributed by atoms with Gasteiger partial charge in [0.1, 0.15) is 0 Å². The van der Waals surface area contributed by atoms with Gasteiger partial charge >= 0.3 is 6.18 Å². The summed E-state index contributed by atoms with van der Waals surface area (Å²) in [5.74, 6) is 0.387. The molecule has 1 aliphatic heterocycles. The van der Waals surface area contributed by atoms with Gasteiger partial charge in [0.05, 0.1) is 11.7 Å². The molecule has 2 nitrogen and oxygen atoms in total. The zero-order chi connectivity index (χ0) is 13.9. The smallest absolute Gasteiger partial charge is 0.378 e. The summed E-state index contributed by atoms with van der Waals surface area (Å²) in [4.78, 5) is 0. The highest BCUT2D eigenvalue weighted by atomic mass is 19.4. The van der Waals surface area contributed by atoms with E-state index in [0.717, 1.165) is 19.1 Å². The van der Waals surface area contributed by atoms with E-state index < -0.39 is 11.7 Å². The normalized spacial score (nSPS) is 23.8. The third kappa shape index (κ3) is 3.70. The van der Waals surface area contributed by atoms with E-state index in [4.69, 9.17) is 4.74 Å². The first kappa shape index (κ1) is 14.3. The molecule has 2 rings (SSSR count). The van der Waals surface area contributed by atoms with Crippen LogP contribution in [0.4, 0.5) is 13.2 Å². The fraction of sp³-hybridized carbons (Fsp3) is 0.571. The lowest BCUT2D eigenvalue weighted by atomic mass is 10.0. The molecule has 1 aromatic rings. The van der Waals surface area contributed by atoms with Crippen molar-refractivity contribution in [2.75, 3.05) is 13.2 Å². The Bertz CT molecular complexity index is 419.